The molecule has 0 unspecified atom stereocenters. The smallest absolute Gasteiger partial charge is 0.356 e. The number of carbonyl (C=O) groups is 1. The lowest BCUT2D eigenvalue weighted by molar-refractivity contribution is 0.0588. The zero-order chi connectivity index (χ0) is 8.55. The van der Waals surface area contributed by atoms with Gasteiger partial charge in [0, 0.05) is 6.04 Å². The van der Waals surface area contributed by atoms with Crippen molar-refractivity contribution >= 4 is 5.97 Å². The first-order valence-electron chi connectivity index (χ1n) is 3.93. The summed E-state index contributed by atoms with van der Waals surface area (Å²) < 4.78 is 6.49. The van der Waals surface area contributed by atoms with Gasteiger partial charge in [0.25, 0.3) is 0 Å². The van der Waals surface area contributed by atoms with E-state index in [9.17, 15) is 4.79 Å². The summed E-state index contributed by atoms with van der Waals surface area (Å²) in [5, 5.41) is 0. The van der Waals surface area contributed by atoms with Gasteiger partial charge in [-0.15, -0.1) is 0 Å². The second-order valence-electron chi connectivity index (χ2n) is 2.91. The molecule has 1 aromatic heterocycles. The van der Waals surface area contributed by atoms with Crippen LogP contribution in [0.2, 0.25) is 0 Å². The minimum absolute atomic E-state index is 0.306. The average Bonchev–Trinajstić information content (AvgIpc) is 2.83. The molecule has 0 spiro atoms. The highest BCUT2D eigenvalue weighted by Gasteiger charge is 2.27. The van der Waals surface area contributed by atoms with Crippen LogP contribution in [0.1, 0.15) is 29.4 Å². The lowest BCUT2D eigenvalue weighted by atomic mass is 10.4. The molecule has 0 radical (unpaired) electrons. The summed E-state index contributed by atoms with van der Waals surface area (Å²) in [5.41, 5.74) is 0.556. The molecule has 0 aromatic carbocycles. The van der Waals surface area contributed by atoms with Crippen LogP contribution in [-0.2, 0) is 4.74 Å². The van der Waals surface area contributed by atoms with Crippen molar-refractivity contribution in [3.8, 4) is 0 Å². The van der Waals surface area contributed by atoms with Crippen molar-refractivity contribution < 1.29 is 9.53 Å². The summed E-state index contributed by atoms with van der Waals surface area (Å²) in [4.78, 5) is 15.1. The van der Waals surface area contributed by atoms with Gasteiger partial charge in [-0.1, -0.05) is 0 Å². The van der Waals surface area contributed by atoms with Gasteiger partial charge in [0.1, 0.15) is 5.69 Å². The quantitative estimate of drug-likeness (QED) is 0.616. The van der Waals surface area contributed by atoms with Crippen molar-refractivity contribution in [1.82, 2.24) is 9.55 Å². The number of aromatic nitrogens is 2. The average molecular weight is 166 g/mol. The number of hydrogen-bond donors (Lipinski definition) is 0. The Morgan fingerprint density at radius 2 is 2.50 bits per heavy atom. The first-order valence-corrected chi connectivity index (χ1v) is 3.93. The highest BCUT2D eigenvalue weighted by Crippen LogP contribution is 2.35. The standard InChI is InChI=1S/C8H10N2O2/c1-12-8(11)7-4-9-5-10(7)6-2-3-6/h4-6H,2-3H2,1H3. The maximum atomic E-state index is 11.1. The molecule has 0 bridgehead atoms. The normalized spacial score (nSPS) is 16.1. The van der Waals surface area contributed by atoms with E-state index in [1.54, 1.807) is 12.5 Å². The van der Waals surface area contributed by atoms with Crippen molar-refractivity contribution in [1.29, 1.82) is 0 Å². The minimum Gasteiger partial charge on any atom is -0.464 e. The molecule has 4 nitrogen and oxygen atoms in total. The van der Waals surface area contributed by atoms with Crippen molar-refractivity contribution in [3.63, 3.8) is 0 Å². The van der Waals surface area contributed by atoms with Crippen molar-refractivity contribution in [2.75, 3.05) is 7.11 Å². The summed E-state index contributed by atoms with van der Waals surface area (Å²) in [6, 6.07) is 0.474. The second-order valence-corrected chi connectivity index (χ2v) is 2.91. The molecule has 0 amide bonds. The maximum absolute atomic E-state index is 11.1. The summed E-state index contributed by atoms with van der Waals surface area (Å²) in [7, 11) is 1.38. The Morgan fingerprint density at radius 3 is 3.08 bits per heavy atom. The van der Waals surface area contributed by atoms with Gasteiger partial charge in [-0.25, -0.2) is 9.78 Å². The fourth-order valence-corrected chi connectivity index (χ4v) is 1.21. The molecule has 1 aliphatic rings. The molecule has 64 valence electrons. The van der Waals surface area contributed by atoms with Gasteiger partial charge in [0.05, 0.1) is 19.6 Å². The lowest BCUT2D eigenvalue weighted by Gasteiger charge is -2.02. The molecule has 0 N–H and O–H groups in total. The molecule has 1 saturated carbocycles. The Hall–Kier alpha value is -1.32. The van der Waals surface area contributed by atoms with Gasteiger partial charge in [-0.05, 0) is 12.8 Å². The highest BCUT2D eigenvalue weighted by molar-refractivity contribution is 5.87. The van der Waals surface area contributed by atoms with E-state index in [-0.39, 0.29) is 5.97 Å². The van der Waals surface area contributed by atoms with Crippen LogP contribution < -0.4 is 0 Å². The molecule has 1 aliphatic carbocycles. The van der Waals surface area contributed by atoms with Crippen LogP contribution in [0.4, 0.5) is 0 Å². The Labute approximate surface area is 70.2 Å². The number of carbonyl (C=O) groups excluding carboxylic acids is 1. The second kappa shape index (κ2) is 2.62. The molecular formula is C8H10N2O2. The SMILES string of the molecule is COC(=O)c1cncn1C1CC1. The molecule has 0 saturated heterocycles. The first-order chi connectivity index (χ1) is 5.83. The van der Waals surface area contributed by atoms with Crippen LogP contribution in [0.5, 0.6) is 0 Å². The van der Waals surface area contributed by atoms with E-state index in [0.717, 1.165) is 12.8 Å². The number of imidazole rings is 1. The molecule has 12 heavy (non-hydrogen) atoms. The van der Waals surface area contributed by atoms with Crippen LogP contribution in [-0.4, -0.2) is 22.6 Å². The van der Waals surface area contributed by atoms with E-state index in [2.05, 4.69) is 9.72 Å². The van der Waals surface area contributed by atoms with E-state index >= 15 is 0 Å². The molecular weight excluding hydrogens is 156 g/mol. The number of esters is 1. The number of methoxy groups -OCH3 is 1. The largest absolute Gasteiger partial charge is 0.464 e. The Morgan fingerprint density at radius 1 is 1.75 bits per heavy atom. The third-order valence-corrected chi connectivity index (χ3v) is 2.00. The van der Waals surface area contributed by atoms with Crippen molar-refractivity contribution in [3.05, 3.63) is 18.2 Å². The molecule has 4 heteroatoms. The van der Waals surface area contributed by atoms with Crippen LogP contribution in [0, 0.1) is 0 Å². The molecule has 1 aromatic rings. The summed E-state index contributed by atoms with van der Waals surface area (Å²) in [6.45, 7) is 0. The molecule has 2 rings (SSSR count). The van der Waals surface area contributed by atoms with Gasteiger partial charge in [-0.3, -0.25) is 0 Å². The summed E-state index contributed by atoms with van der Waals surface area (Å²) in [6.07, 6.45) is 5.51. The Kier molecular flexibility index (Phi) is 1.60. The maximum Gasteiger partial charge on any atom is 0.356 e. The Bertz CT molecular complexity index is 302. The van der Waals surface area contributed by atoms with Gasteiger partial charge in [0.2, 0.25) is 0 Å². The first kappa shape index (κ1) is 7.34. The Balaban J connectivity index is 2.29. The zero-order valence-electron chi connectivity index (χ0n) is 6.86. The zero-order valence-corrected chi connectivity index (χ0v) is 6.86. The van der Waals surface area contributed by atoms with Gasteiger partial charge < -0.3 is 9.30 Å². The third-order valence-electron chi connectivity index (χ3n) is 2.00. The van der Waals surface area contributed by atoms with Gasteiger partial charge >= 0.3 is 5.97 Å². The van der Waals surface area contributed by atoms with Crippen LogP contribution in [0.25, 0.3) is 0 Å². The van der Waals surface area contributed by atoms with Crippen LogP contribution in [0.3, 0.4) is 0 Å². The summed E-state index contributed by atoms with van der Waals surface area (Å²) >= 11 is 0. The molecule has 0 atom stereocenters. The van der Waals surface area contributed by atoms with E-state index in [0.29, 0.717) is 11.7 Å². The minimum atomic E-state index is -0.306. The molecule has 0 aliphatic heterocycles. The highest BCUT2D eigenvalue weighted by atomic mass is 16.5. The third kappa shape index (κ3) is 1.09. The number of ether oxygens (including phenoxy) is 1. The van der Waals surface area contributed by atoms with Gasteiger partial charge in [0.15, 0.2) is 0 Å². The summed E-state index contributed by atoms with van der Waals surface area (Å²) in [5.74, 6) is -0.306. The predicted octanol–water partition coefficient (Wildman–Crippen LogP) is 1.00. The topological polar surface area (TPSA) is 44.1 Å². The number of hydrogen-bond acceptors (Lipinski definition) is 3. The van der Waals surface area contributed by atoms with Crippen molar-refractivity contribution in [2.45, 2.75) is 18.9 Å². The molecule has 1 fully saturated rings. The number of rotatable bonds is 2. The van der Waals surface area contributed by atoms with Crippen LogP contribution >= 0.6 is 0 Å². The van der Waals surface area contributed by atoms with Crippen molar-refractivity contribution in [2.24, 2.45) is 0 Å². The fourth-order valence-electron chi connectivity index (χ4n) is 1.21. The predicted molar refractivity (Wildman–Crippen MR) is 41.8 cm³/mol. The van der Waals surface area contributed by atoms with Crippen LogP contribution in [0.15, 0.2) is 12.5 Å². The van der Waals surface area contributed by atoms with Gasteiger partial charge in [-0.2, -0.15) is 0 Å². The van der Waals surface area contributed by atoms with E-state index < -0.39 is 0 Å². The van der Waals surface area contributed by atoms with E-state index in [1.165, 1.54) is 7.11 Å². The fraction of sp³-hybridized carbons (Fsp3) is 0.500. The molecule has 1 heterocycles. The van der Waals surface area contributed by atoms with E-state index in [4.69, 9.17) is 0 Å². The lowest BCUT2D eigenvalue weighted by Crippen LogP contribution is -2.08. The monoisotopic (exact) mass is 166 g/mol. The van der Waals surface area contributed by atoms with E-state index in [1.807, 2.05) is 4.57 Å². The number of nitrogens with zero attached hydrogens (tertiary/aromatic N) is 2.